The molecule has 5 rings (SSSR count). The average Bonchev–Trinajstić information content (AvgIpc) is 3.31. The molecule has 10 heteroatoms. The van der Waals surface area contributed by atoms with Crippen LogP contribution in [0.1, 0.15) is 43.5 Å². The lowest BCUT2D eigenvalue weighted by Crippen LogP contribution is -2.39. The van der Waals surface area contributed by atoms with Crippen LogP contribution in [0.2, 0.25) is 5.02 Å². The van der Waals surface area contributed by atoms with E-state index in [1.54, 1.807) is 18.4 Å². The number of benzene rings is 3. The molecule has 1 unspecified atom stereocenters. The highest BCUT2D eigenvalue weighted by Gasteiger charge is 2.33. The number of rotatable bonds is 10. The van der Waals surface area contributed by atoms with Crippen molar-refractivity contribution in [3.8, 4) is 11.5 Å². The Morgan fingerprint density at radius 3 is 2.39 bits per heavy atom. The number of aromatic nitrogens is 1. The van der Waals surface area contributed by atoms with Gasteiger partial charge in [-0.1, -0.05) is 53.3 Å². The maximum Gasteiger partial charge on any atom is 0.338 e. The normalized spacial score (nSPS) is 14.6. The monoisotopic (exact) mass is 631 g/mol. The van der Waals surface area contributed by atoms with E-state index >= 15 is 0 Å². The number of esters is 1. The topological polar surface area (TPSA) is 82.4 Å². The van der Waals surface area contributed by atoms with Gasteiger partial charge in [0, 0.05) is 24.8 Å². The Morgan fingerprint density at radius 2 is 1.73 bits per heavy atom. The van der Waals surface area contributed by atoms with E-state index in [1.165, 1.54) is 11.3 Å². The molecule has 2 heterocycles. The molecule has 0 fully saturated rings. The minimum absolute atomic E-state index is 0.216. The molecule has 8 nitrogen and oxygen atoms in total. The highest BCUT2D eigenvalue weighted by molar-refractivity contribution is 7.07. The van der Waals surface area contributed by atoms with Crippen LogP contribution in [0.15, 0.2) is 87.8 Å². The van der Waals surface area contributed by atoms with E-state index in [-0.39, 0.29) is 12.2 Å². The Balaban J connectivity index is 1.55. The molecule has 0 bridgehead atoms. The summed E-state index contributed by atoms with van der Waals surface area (Å²) in [5.41, 5.74) is 4.18. The maximum absolute atomic E-state index is 14.0. The van der Waals surface area contributed by atoms with E-state index in [0.29, 0.717) is 50.3 Å². The molecule has 1 aromatic heterocycles. The van der Waals surface area contributed by atoms with Crippen molar-refractivity contribution in [1.82, 2.24) is 4.57 Å². The van der Waals surface area contributed by atoms with E-state index in [1.807, 2.05) is 98.7 Å². The minimum atomic E-state index is -0.675. The first-order chi connectivity index (χ1) is 21.2. The standard InChI is InChI=1S/C34H34ClN3O5S/c1-6-41-28-18-23(10-17-27(28)43-20-22-8-13-25(35)14-9-22)19-29-32(39)38-31(24-11-15-26(16-12-24)37(4)5)30(33(40)42-7-2)21(3)36-34(38)44-29/h8-19,31H,6-7,20H2,1-5H3/b29-19-. The summed E-state index contributed by atoms with van der Waals surface area (Å²) in [6, 6.07) is 20.2. The maximum atomic E-state index is 14.0. The van der Waals surface area contributed by atoms with Crippen LogP contribution in [0, 0.1) is 0 Å². The number of thiazole rings is 1. The first-order valence-electron chi connectivity index (χ1n) is 14.3. The summed E-state index contributed by atoms with van der Waals surface area (Å²) in [5.74, 6) is 0.679. The van der Waals surface area contributed by atoms with Gasteiger partial charge < -0.3 is 19.1 Å². The highest BCUT2D eigenvalue weighted by Crippen LogP contribution is 2.32. The summed E-state index contributed by atoms with van der Waals surface area (Å²) in [5, 5.41) is 0.666. The minimum Gasteiger partial charge on any atom is -0.490 e. The van der Waals surface area contributed by atoms with Gasteiger partial charge in [0.05, 0.1) is 35.1 Å². The fraction of sp³-hybridized carbons (Fsp3) is 0.265. The van der Waals surface area contributed by atoms with Crippen LogP contribution in [0.25, 0.3) is 6.08 Å². The van der Waals surface area contributed by atoms with Crippen molar-refractivity contribution in [3.05, 3.63) is 119 Å². The molecule has 0 saturated carbocycles. The number of nitrogens with zero attached hydrogens (tertiary/aromatic N) is 3. The predicted molar refractivity (Wildman–Crippen MR) is 175 cm³/mol. The molecule has 0 amide bonds. The second kappa shape index (κ2) is 13.5. The Labute approximate surface area is 265 Å². The number of carbonyl (C=O) groups is 1. The largest absolute Gasteiger partial charge is 0.490 e. The summed E-state index contributed by atoms with van der Waals surface area (Å²) in [4.78, 5) is 34.4. The summed E-state index contributed by atoms with van der Waals surface area (Å²) >= 11 is 7.28. The number of halogens is 1. The summed E-state index contributed by atoms with van der Waals surface area (Å²) in [7, 11) is 3.92. The molecule has 44 heavy (non-hydrogen) atoms. The van der Waals surface area contributed by atoms with Gasteiger partial charge in [-0.15, -0.1) is 0 Å². The molecule has 1 aliphatic rings. The van der Waals surface area contributed by atoms with Crippen LogP contribution in [0.3, 0.4) is 0 Å². The second-order valence-electron chi connectivity index (χ2n) is 10.3. The highest BCUT2D eigenvalue weighted by atomic mass is 35.5. The number of ether oxygens (including phenoxy) is 3. The predicted octanol–water partition coefficient (Wildman–Crippen LogP) is 5.50. The average molecular weight is 632 g/mol. The van der Waals surface area contributed by atoms with Crippen LogP contribution in [-0.2, 0) is 16.1 Å². The molecule has 1 aliphatic heterocycles. The summed E-state index contributed by atoms with van der Waals surface area (Å²) in [6.45, 7) is 6.46. The van der Waals surface area contributed by atoms with Crippen LogP contribution in [0.5, 0.6) is 11.5 Å². The first kappa shape index (κ1) is 31.1. The van der Waals surface area contributed by atoms with Gasteiger partial charge in [0.1, 0.15) is 6.61 Å². The SMILES string of the molecule is CCOC(=O)C1=C(C)N=c2s/c(=C\c3ccc(OCc4ccc(Cl)cc4)c(OCC)c3)c(=O)n2C1c1ccc(N(C)C)cc1. The Hall–Kier alpha value is -4.34. The zero-order valence-electron chi connectivity index (χ0n) is 25.3. The van der Waals surface area contributed by atoms with Crippen LogP contribution in [0.4, 0.5) is 5.69 Å². The second-order valence-corrected chi connectivity index (χ2v) is 11.8. The van der Waals surface area contributed by atoms with Gasteiger partial charge in [0.2, 0.25) is 0 Å². The third-order valence-electron chi connectivity index (χ3n) is 7.12. The Bertz CT molecular complexity index is 1880. The zero-order chi connectivity index (χ0) is 31.4. The van der Waals surface area contributed by atoms with E-state index in [4.69, 9.17) is 25.8 Å². The van der Waals surface area contributed by atoms with Crippen LogP contribution in [-0.4, -0.2) is 37.8 Å². The molecule has 0 saturated heterocycles. The lowest BCUT2D eigenvalue weighted by atomic mass is 9.95. The van der Waals surface area contributed by atoms with E-state index in [0.717, 1.165) is 22.4 Å². The number of anilines is 1. The van der Waals surface area contributed by atoms with E-state index in [9.17, 15) is 9.59 Å². The van der Waals surface area contributed by atoms with Gasteiger partial charge in [-0.25, -0.2) is 9.79 Å². The van der Waals surface area contributed by atoms with Crippen molar-refractivity contribution >= 4 is 40.7 Å². The lowest BCUT2D eigenvalue weighted by molar-refractivity contribution is -0.139. The summed E-state index contributed by atoms with van der Waals surface area (Å²) < 4.78 is 19.4. The van der Waals surface area contributed by atoms with Crippen molar-refractivity contribution in [3.63, 3.8) is 0 Å². The smallest absolute Gasteiger partial charge is 0.338 e. The number of allylic oxidation sites excluding steroid dienone is 1. The van der Waals surface area contributed by atoms with Crippen molar-refractivity contribution in [2.24, 2.45) is 4.99 Å². The van der Waals surface area contributed by atoms with Gasteiger partial charge in [-0.05, 0) is 79.9 Å². The fourth-order valence-electron chi connectivity index (χ4n) is 4.96. The van der Waals surface area contributed by atoms with Crippen molar-refractivity contribution in [1.29, 1.82) is 0 Å². The van der Waals surface area contributed by atoms with Crippen molar-refractivity contribution < 1.29 is 19.0 Å². The molecular weight excluding hydrogens is 598 g/mol. The third kappa shape index (κ3) is 6.59. The Kier molecular flexibility index (Phi) is 9.56. The number of hydrogen-bond donors (Lipinski definition) is 0. The van der Waals surface area contributed by atoms with Gasteiger partial charge in [0.15, 0.2) is 16.3 Å². The number of carbonyl (C=O) groups excluding carboxylic acids is 1. The summed E-state index contributed by atoms with van der Waals surface area (Å²) in [6.07, 6.45) is 1.81. The first-order valence-corrected chi connectivity index (χ1v) is 15.5. The molecule has 0 N–H and O–H groups in total. The van der Waals surface area contributed by atoms with Crippen molar-refractivity contribution in [2.75, 3.05) is 32.2 Å². The molecule has 4 aromatic rings. The molecular formula is C34H34ClN3O5S. The molecule has 228 valence electrons. The number of fused-ring (bicyclic) bond motifs is 1. The fourth-order valence-corrected chi connectivity index (χ4v) is 6.13. The van der Waals surface area contributed by atoms with Gasteiger partial charge in [-0.3, -0.25) is 9.36 Å². The van der Waals surface area contributed by atoms with Gasteiger partial charge in [0.25, 0.3) is 5.56 Å². The molecule has 1 atom stereocenters. The van der Waals surface area contributed by atoms with E-state index in [2.05, 4.69) is 4.99 Å². The zero-order valence-corrected chi connectivity index (χ0v) is 26.9. The van der Waals surface area contributed by atoms with Crippen molar-refractivity contribution in [2.45, 2.75) is 33.4 Å². The molecule has 0 radical (unpaired) electrons. The van der Waals surface area contributed by atoms with Gasteiger partial charge >= 0.3 is 5.97 Å². The van der Waals surface area contributed by atoms with Crippen LogP contribution < -0.4 is 29.3 Å². The van der Waals surface area contributed by atoms with E-state index < -0.39 is 12.0 Å². The van der Waals surface area contributed by atoms with Crippen LogP contribution >= 0.6 is 22.9 Å². The quantitative estimate of drug-likeness (QED) is 0.215. The lowest BCUT2D eigenvalue weighted by Gasteiger charge is -2.25. The third-order valence-corrected chi connectivity index (χ3v) is 8.35. The van der Waals surface area contributed by atoms with Gasteiger partial charge in [-0.2, -0.15) is 0 Å². The molecule has 0 aliphatic carbocycles. The molecule has 3 aromatic carbocycles. The number of hydrogen-bond acceptors (Lipinski definition) is 8. The Morgan fingerprint density at radius 1 is 1.00 bits per heavy atom. The molecule has 0 spiro atoms.